The van der Waals surface area contributed by atoms with E-state index in [9.17, 15) is 0 Å². The van der Waals surface area contributed by atoms with Crippen LogP contribution >= 0.6 is 24.0 Å². The zero-order chi connectivity index (χ0) is 13.9. The van der Waals surface area contributed by atoms with Gasteiger partial charge >= 0.3 is 0 Å². The summed E-state index contributed by atoms with van der Waals surface area (Å²) in [6.45, 7) is 9.77. The highest BCUT2D eigenvalue weighted by Crippen LogP contribution is 2.03. The van der Waals surface area contributed by atoms with Gasteiger partial charge in [0, 0.05) is 25.7 Å². The Morgan fingerprint density at radius 2 is 2.00 bits per heavy atom. The Labute approximate surface area is 140 Å². The smallest absolute Gasteiger partial charge is 0.188 e. The Morgan fingerprint density at radius 1 is 1.30 bits per heavy atom. The van der Waals surface area contributed by atoms with E-state index in [1.807, 2.05) is 0 Å². The van der Waals surface area contributed by atoms with E-state index in [1.54, 1.807) is 0 Å². The van der Waals surface area contributed by atoms with Crippen LogP contribution in [0.5, 0.6) is 0 Å². The Balaban J connectivity index is 0.00000361. The third kappa shape index (κ3) is 8.97. The Bertz CT molecular complexity index is 258. The normalized spacial score (nSPS) is 18.4. The van der Waals surface area contributed by atoms with Crippen molar-refractivity contribution in [2.45, 2.75) is 45.6 Å². The first-order chi connectivity index (χ1) is 9.24. The second-order valence-electron chi connectivity index (χ2n) is 5.21. The van der Waals surface area contributed by atoms with Crippen LogP contribution in [0, 0.1) is 0 Å². The molecule has 3 N–H and O–H groups in total. The molecule has 0 aromatic heterocycles. The Hall–Kier alpha value is -0.0800. The lowest BCUT2D eigenvalue weighted by atomic mass is 10.2. The molecule has 1 rings (SSSR count). The van der Waals surface area contributed by atoms with Crippen LogP contribution in [-0.2, 0) is 4.74 Å². The number of nitrogens with two attached hydrogens (primary N) is 1. The molecule has 0 saturated carbocycles. The molecule has 120 valence electrons. The van der Waals surface area contributed by atoms with Gasteiger partial charge in [-0.3, -0.25) is 9.89 Å². The van der Waals surface area contributed by atoms with Crippen LogP contribution in [0.3, 0.4) is 0 Å². The lowest BCUT2D eigenvalue weighted by Gasteiger charge is -2.31. The Morgan fingerprint density at radius 3 is 2.65 bits per heavy atom. The molecule has 1 heterocycles. The summed E-state index contributed by atoms with van der Waals surface area (Å²) in [6, 6.07) is 0.435. The number of hydrogen-bond acceptors (Lipinski definition) is 3. The molecule has 20 heavy (non-hydrogen) atoms. The fraction of sp³-hybridized carbons (Fsp3) is 0.929. The molecule has 1 aliphatic heterocycles. The van der Waals surface area contributed by atoms with Gasteiger partial charge in [-0.15, -0.1) is 24.0 Å². The van der Waals surface area contributed by atoms with Gasteiger partial charge in [0.05, 0.1) is 19.8 Å². The Kier molecular flexibility index (Phi) is 12.6. The van der Waals surface area contributed by atoms with E-state index in [4.69, 9.17) is 10.5 Å². The van der Waals surface area contributed by atoms with Crippen molar-refractivity contribution in [1.29, 1.82) is 0 Å². The highest BCUT2D eigenvalue weighted by atomic mass is 127. The van der Waals surface area contributed by atoms with Crippen molar-refractivity contribution in [3.8, 4) is 0 Å². The molecule has 0 radical (unpaired) electrons. The summed E-state index contributed by atoms with van der Waals surface area (Å²) < 4.78 is 5.35. The van der Waals surface area contributed by atoms with E-state index in [2.05, 4.69) is 29.1 Å². The number of halogens is 1. The molecule has 5 nitrogen and oxygen atoms in total. The average Bonchev–Trinajstić information content (AvgIpc) is 2.45. The van der Waals surface area contributed by atoms with Crippen LogP contribution < -0.4 is 11.1 Å². The van der Waals surface area contributed by atoms with Gasteiger partial charge in [-0.05, 0) is 13.3 Å². The van der Waals surface area contributed by atoms with Crippen molar-refractivity contribution in [2.24, 2.45) is 10.7 Å². The third-order valence-electron chi connectivity index (χ3n) is 3.53. The number of nitrogens with one attached hydrogen (secondary N) is 1. The fourth-order valence-corrected chi connectivity index (χ4v) is 2.19. The first kappa shape index (κ1) is 19.9. The SMILES string of the molecule is CCCCCCNC(N)=NCC(C)N1CCOCC1.I. The van der Waals surface area contributed by atoms with Crippen molar-refractivity contribution in [1.82, 2.24) is 10.2 Å². The minimum Gasteiger partial charge on any atom is -0.379 e. The van der Waals surface area contributed by atoms with Crippen molar-refractivity contribution in [3.63, 3.8) is 0 Å². The van der Waals surface area contributed by atoms with Crippen molar-refractivity contribution in [2.75, 3.05) is 39.4 Å². The van der Waals surface area contributed by atoms with Crippen molar-refractivity contribution < 1.29 is 4.74 Å². The number of guanidine groups is 1. The van der Waals surface area contributed by atoms with Crippen LogP contribution in [0.15, 0.2) is 4.99 Å². The van der Waals surface area contributed by atoms with E-state index in [0.29, 0.717) is 12.0 Å². The quantitative estimate of drug-likeness (QED) is 0.283. The van der Waals surface area contributed by atoms with E-state index >= 15 is 0 Å². The summed E-state index contributed by atoms with van der Waals surface area (Å²) in [6.07, 6.45) is 5.00. The summed E-state index contributed by atoms with van der Waals surface area (Å²) in [4.78, 5) is 6.82. The molecule has 0 amide bonds. The number of ether oxygens (including phenoxy) is 1. The number of rotatable bonds is 8. The zero-order valence-electron chi connectivity index (χ0n) is 12.9. The fourth-order valence-electron chi connectivity index (χ4n) is 2.19. The maximum Gasteiger partial charge on any atom is 0.188 e. The molecule has 0 bridgehead atoms. The summed E-state index contributed by atoms with van der Waals surface area (Å²) in [5.74, 6) is 0.580. The predicted octanol–water partition coefficient (Wildman–Crippen LogP) is 1.81. The van der Waals surface area contributed by atoms with Gasteiger partial charge in [-0.2, -0.15) is 0 Å². The van der Waals surface area contributed by atoms with Gasteiger partial charge in [-0.1, -0.05) is 26.2 Å². The number of unbranched alkanes of at least 4 members (excludes halogenated alkanes) is 3. The van der Waals surface area contributed by atoms with Crippen molar-refractivity contribution >= 4 is 29.9 Å². The molecule has 6 heteroatoms. The molecule has 1 aliphatic rings. The maximum atomic E-state index is 5.86. The van der Waals surface area contributed by atoms with Gasteiger partial charge < -0.3 is 15.8 Å². The minimum absolute atomic E-state index is 0. The highest BCUT2D eigenvalue weighted by molar-refractivity contribution is 14.0. The minimum atomic E-state index is 0. The van der Waals surface area contributed by atoms with Crippen LogP contribution in [-0.4, -0.2) is 56.3 Å². The summed E-state index contributed by atoms with van der Waals surface area (Å²) in [7, 11) is 0. The van der Waals surface area contributed by atoms with Crippen LogP contribution in [0.4, 0.5) is 0 Å². The molecule has 1 saturated heterocycles. The maximum absolute atomic E-state index is 5.86. The molecule has 1 atom stereocenters. The van der Waals surface area contributed by atoms with Gasteiger partial charge in [0.1, 0.15) is 0 Å². The molecular formula is C14H31IN4O. The second-order valence-corrected chi connectivity index (χ2v) is 5.21. The van der Waals surface area contributed by atoms with Gasteiger partial charge in [0.25, 0.3) is 0 Å². The third-order valence-corrected chi connectivity index (χ3v) is 3.53. The first-order valence-electron chi connectivity index (χ1n) is 7.59. The zero-order valence-corrected chi connectivity index (χ0v) is 15.3. The molecule has 0 spiro atoms. The van der Waals surface area contributed by atoms with E-state index in [1.165, 1.54) is 25.7 Å². The topological polar surface area (TPSA) is 62.9 Å². The van der Waals surface area contributed by atoms with Gasteiger partial charge in [0.2, 0.25) is 0 Å². The molecule has 1 fully saturated rings. The first-order valence-corrected chi connectivity index (χ1v) is 7.59. The second kappa shape index (κ2) is 12.6. The molecular weight excluding hydrogens is 367 g/mol. The summed E-state index contributed by atoms with van der Waals surface area (Å²) in [5, 5.41) is 3.18. The molecule has 0 aromatic rings. The lowest BCUT2D eigenvalue weighted by Crippen LogP contribution is -2.44. The van der Waals surface area contributed by atoms with Gasteiger partial charge in [0.15, 0.2) is 5.96 Å². The standard InChI is InChI=1S/C14H30N4O.HI/c1-3-4-5-6-7-16-14(15)17-12-13(2)18-8-10-19-11-9-18;/h13H,3-12H2,1-2H3,(H3,15,16,17);1H. The number of nitrogens with zero attached hydrogens (tertiary/aromatic N) is 2. The molecule has 0 aromatic carbocycles. The van der Waals surface area contributed by atoms with Gasteiger partial charge in [-0.25, -0.2) is 0 Å². The monoisotopic (exact) mass is 398 g/mol. The average molecular weight is 398 g/mol. The lowest BCUT2D eigenvalue weighted by molar-refractivity contribution is 0.0220. The van der Waals surface area contributed by atoms with Crippen molar-refractivity contribution in [3.05, 3.63) is 0 Å². The molecule has 0 aliphatic carbocycles. The number of hydrogen-bond donors (Lipinski definition) is 2. The van der Waals surface area contributed by atoms with Crippen LogP contribution in [0.1, 0.15) is 39.5 Å². The van der Waals surface area contributed by atoms with E-state index in [-0.39, 0.29) is 24.0 Å². The number of aliphatic imine (C=N–C) groups is 1. The number of morpholine rings is 1. The summed E-state index contributed by atoms with van der Waals surface area (Å²) >= 11 is 0. The largest absolute Gasteiger partial charge is 0.379 e. The van der Waals surface area contributed by atoms with Crippen LogP contribution in [0.25, 0.3) is 0 Å². The predicted molar refractivity (Wildman–Crippen MR) is 95.9 cm³/mol. The summed E-state index contributed by atoms with van der Waals surface area (Å²) in [5.41, 5.74) is 5.86. The van der Waals surface area contributed by atoms with E-state index in [0.717, 1.165) is 39.4 Å². The van der Waals surface area contributed by atoms with E-state index < -0.39 is 0 Å². The molecule has 1 unspecified atom stereocenters. The highest BCUT2D eigenvalue weighted by Gasteiger charge is 2.16. The van der Waals surface area contributed by atoms with Crippen LogP contribution in [0.2, 0.25) is 0 Å².